The van der Waals surface area contributed by atoms with Gasteiger partial charge in [0, 0.05) is 4.90 Å². The maximum absolute atomic E-state index is 12.8. The van der Waals surface area contributed by atoms with Crippen molar-refractivity contribution in [2.24, 2.45) is 0 Å². The Kier molecular flexibility index (Phi) is 6.97. The van der Waals surface area contributed by atoms with Crippen LogP contribution in [-0.4, -0.2) is 24.7 Å². The first-order valence-corrected chi connectivity index (χ1v) is 10.0. The van der Waals surface area contributed by atoms with Crippen LogP contribution in [0.4, 0.5) is 5.69 Å². The average Bonchev–Trinajstić information content (AvgIpc) is 3.25. The van der Waals surface area contributed by atoms with E-state index in [0.29, 0.717) is 29.3 Å². The van der Waals surface area contributed by atoms with E-state index >= 15 is 0 Å². The molecule has 0 atom stereocenters. The fourth-order valence-corrected chi connectivity index (χ4v) is 3.56. The summed E-state index contributed by atoms with van der Waals surface area (Å²) in [6.07, 6.45) is 1.56. The summed E-state index contributed by atoms with van der Waals surface area (Å²) in [4.78, 5) is 25.7. The molecular weight excluding hydrogens is 388 g/mol. The Bertz CT molecular complexity index is 986. The van der Waals surface area contributed by atoms with E-state index in [-0.39, 0.29) is 17.6 Å². The molecule has 2 aromatic carbocycles. The lowest BCUT2D eigenvalue weighted by Crippen LogP contribution is -2.24. The smallest absolute Gasteiger partial charge is 0.256 e. The Hall–Kier alpha value is -3.19. The van der Waals surface area contributed by atoms with Crippen molar-refractivity contribution in [3.63, 3.8) is 0 Å². The number of methoxy groups -OCH3 is 1. The number of anilines is 1. The first-order valence-electron chi connectivity index (χ1n) is 9.03. The Labute approximate surface area is 173 Å². The second-order valence-electron chi connectivity index (χ2n) is 6.30. The highest BCUT2D eigenvalue weighted by molar-refractivity contribution is 8.00. The van der Waals surface area contributed by atoms with Crippen molar-refractivity contribution in [1.29, 1.82) is 0 Å². The summed E-state index contributed by atoms with van der Waals surface area (Å²) in [5.74, 6) is 1.08. The summed E-state index contributed by atoms with van der Waals surface area (Å²) in [6, 6.07) is 16.4. The molecule has 0 saturated carbocycles. The second kappa shape index (κ2) is 9.84. The molecule has 0 unspecified atom stereocenters. The van der Waals surface area contributed by atoms with Crippen molar-refractivity contribution < 1.29 is 18.7 Å². The van der Waals surface area contributed by atoms with Gasteiger partial charge in [0.1, 0.15) is 11.5 Å². The van der Waals surface area contributed by atoms with Gasteiger partial charge in [0.2, 0.25) is 5.91 Å². The highest BCUT2D eigenvalue weighted by atomic mass is 32.2. The highest BCUT2D eigenvalue weighted by Gasteiger charge is 2.15. The largest absolute Gasteiger partial charge is 0.495 e. The molecule has 0 saturated heterocycles. The molecule has 0 aliphatic heterocycles. The van der Waals surface area contributed by atoms with Gasteiger partial charge in [-0.25, -0.2) is 0 Å². The molecule has 7 heteroatoms. The highest BCUT2D eigenvalue weighted by Crippen LogP contribution is 2.28. The molecule has 1 heterocycles. The van der Waals surface area contributed by atoms with Crippen LogP contribution in [0.3, 0.4) is 0 Å². The molecule has 0 aliphatic rings. The van der Waals surface area contributed by atoms with Crippen LogP contribution in [0.15, 0.2) is 70.2 Å². The molecule has 0 bridgehead atoms. The van der Waals surface area contributed by atoms with Gasteiger partial charge >= 0.3 is 0 Å². The van der Waals surface area contributed by atoms with Crippen molar-refractivity contribution in [3.05, 3.63) is 77.7 Å². The number of carbonyl (C=O) groups excluding carboxylic acids is 2. The standard InChI is InChI=1S/C22H22N2O4S/c1-15-9-10-19(27-2)18(12-15)24-22(26)17-7-3-4-8-20(17)29-14-21(25)23-13-16-6-5-11-28-16/h3-12H,13-14H2,1-2H3,(H,23,25)(H,24,26). The van der Waals surface area contributed by atoms with E-state index in [1.807, 2.05) is 37.3 Å². The summed E-state index contributed by atoms with van der Waals surface area (Å²) < 4.78 is 10.5. The number of hydrogen-bond donors (Lipinski definition) is 2. The minimum Gasteiger partial charge on any atom is -0.495 e. The van der Waals surface area contributed by atoms with Crippen LogP contribution >= 0.6 is 11.8 Å². The monoisotopic (exact) mass is 410 g/mol. The van der Waals surface area contributed by atoms with E-state index in [1.54, 1.807) is 37.6 Å². The molecule has 0 radical (unpaired) electrons. The van der Waals surface area contributed by atoms with Gasteiger partial charge in [-0.15, -0.1) is 11.8 Å². The van der Waals surface area contributed by atoms with E-state index in [4.69, 9.17) is 9.15 Å². The van der Waals surface area contributed by atoms with Crippen LogP contribution in [-0.2, 0) is 11.3 Å². The number of ether oxygens (including phenoxy) is 1. The topological polar surface area (TPSA) is 80.6 Å². The molecule has 0 spiro atoms. The average molecular weight is 410 g/mol. The quantitative estimate of drug-likeness (QED) is 0.543. The van der Waals surface area contributed by atoms with Crippen molar-refractivity contribution in [1.82, 2.24) is 5.32 Å². The minimum atomic E-state index is -0.256. The predicted molar refractivity (Wildman–Crippen MR) is 113 cm³/mol. The van der Waals surface area contributed by atoms with E-state index in [1.165, 1.54) is 11.8 Å². The van der Waals surface area contributed by atoms with Crippen molar-refractivity contribution in [2.45, 2.75) is 18.4 Å². The number of benzene rings is 2. The van der Waals surface area contributed by atoms with E-state index in [2.05, 4.69) is 10.6 Å². The van der Waals surface area contributed by atoms with Crippen LogP contribution in [0.2, 0.25) is 0 Å². The first kappa shape index (κ1) is 20.5. The molecule has 0 aliphatic carbocycles. The van der Waals surface area contributed by atoms with Gasteiger partial charge in [-0.3, -0.25) is 9.59 Å². The Balaban J connectivity index is 1.64. The van der Waals surface area contributed by atoms with Crippen LogP contribution in [0.25, 0.3) is 0 Å². The van der Waals surface area contributed by atoms with Crippen molar-refractivity contribution in [3.8, 4) is 5.75 Å². The summed E-state index contributed by atoms with van der Waals surface area (Å²) in [5, 5.41) is 5.69. The Morgan fingerprint density at radius 2 is 1.93 bits per heavy atom. The molecule has 3 rings (SSSR count). The van der Waals surface area contributed by atoms with Gasteiger partial charge in [-0.2, -0.15) is 0 Å². The minimum absolute atomic E-state index is 0.137. The lowest BCUT2D eigenvalue weighted by molar-refractivity contribution is -0.118. The summed E-state index contributed by atoms with van der Waals surface area (Å²) in [6.45, 7) is 2.28. The Morgan fingerprint density at radius 3 is 2.69 bits per heavy atom. The third kappa shape index (κ3) is 5.65. The van der Waals surface area contributed by atoms with Gasteiger partial charge < -0.3 is 19.8 Å². The molecule has 150 valence electrons. The van der Waals surface area contributed by atoms with Crippen molar-refractivity contribution in [2.75, 3.05) is 18.2 Å². The van der Waals surface area contributed by atoms with E-state index in [0.717, 1.165) is 10.5 Å². The second-order valence-corrected chi connectivity index (χ2v) is 7.32. The number of nitrogens with one attached hydrogen (secondary N) is 2. The summed E-state index contributed by atoms with van der Waals surface area (Å²) in [7, 11) is 1.56. The third-order valence-electron chi connectivity index (χ3n) is 4.13. The maximum Gasteiger partial charge on any atom is 0.256 e. The number of amides is 2. The van der Waals surface area contributed by atoms with E-state index < -0.39 is 0 Å². The van der Waals surface area contributed by atoms with Gasteiger partial charge in [0.25, 0.3) is 5.91 Å². The summed E-state index contributed by atoms with van der Waals surface area (Å²) in [5.41, 5.74) is 2.12. The normalized spacial score (nSPS) is 10.4. The fraction of sp³-hybridized carbons (Fsp3) is 0.182. The molecule has 2 N–H and O–H groups in total. The zero-order valence-corrected chi connectivity index (χ0v) is 17.0. The third-order valence-corrected chi connectivity index (χ3v) is 5.21. The number of aryl methyl sites for hydroxylation is 1. The molecular formula is C22H22N2O4S. The molecule has 2 amide bonds. The first-order chi connectivity index (χ1) is 14.1. The van der Waals surface area contributed by atoms with Crippen molar-refractivity contribution >= 4 is 29.3 Å². The number of rotatable bonds is 8. The number of thioether (sulfide) groups is 1. The van der Waals surface area contributed by atoms with E-state index in [9.17, 15) is 9.59 Å². The van der Waals surface area contributed by atoms with Crippen LogP contribution in [0.5, 0.6) is 5.75 Å². The molecule has 6 nitrogen and oxygen atoms in total. The predicted octanol–water partition coefficient (Wildman–Crippen LogP) is 4.26. The lowest BCUT2D eigenvalue weighted by atomic mass is 10.1. The molecule has 1 aromatic heterocycles. The molecule has 29 heavy (non-hydrogen) atoms. The SMILES string of the molecule is COc1ccc(C)cc1NC(=O)c1ccccc1SCC(=O)NCc1ccco1. The number of carbonyl (C=O) groups is 2. The number of hydrogen-bond acceptors (Lipinski definition) is 5. The number of furan rings is 1. The van der Waals surface area contributed by atoms with Crippen LogP contribution in [0.1, 0.15) is 21.7 Å². The van der Waals surface area contributed by atoms with Crippen LogP contribution < -0.4 is 15.4 Å². The van der Waals surface area contributed by atoms with Gasteiger partial charge in [-0.05, 0) is 48.9 Å². The summed E-state index contributed by atoms with van der Waals surface area (Å²) >= 11 is 1.31. The zero-order chi connectivity index (χ0) is 20.6. The lowest BCUT2D eigenvalue weighted by Gasteiger charge is -2.13. The maximum atomic E-state index is 12.8. The van der Waals surface area contributed by atoms with Gasteiger partial charge in [0.15, 0.2) is 0 Å². The van der Waals surface area contributed by atoms with Gasteiger partial charge in [0.05, 0.1) is 36.9 Å². The van der Waals surface area contributed by atoms with Crippen LogP contribution in [0, 0.1) is 6.92 Å². The molecule has 0 fully saturated rings. The van der Waals surface area contributed by atoms with Gasteiger partial charge in [-0.1, -0.05) is 18.2 Å². The zero-order valence-electron chi connectivity index (χ0n) is 16.2. The Morgan fingerprint density at radius 1 is 1.10 bits per heavy atom. The molecule has 3 aromatic rings. The fourth-order valence-electron chi connectivity index (χ4n) is 2.68.